The molecule has 0 fully saturated rings. The maximum Gasteiger partial charge on any atom is 0.346 e. The van der Waals surface area contributed by atoms with Crippen molar-refractivity contribution < 1.29 is 4.79 Å². The number of carbonyl (C=O) groups is 1. The zero-order chi connectivity index (χ0) is 19.7. The van der Waals surface area contributed by atoms with Crippen molar-refractivity contribution >= 4 is 5.91 Å². The Bertz CT molecular complexity index is 1030. The summed E-state index contributed by atoms with van der Waals surface area (Å²) >= 11 is 0. The average Bonchev–Trinajstić information content (AvgIpc) is 3.28. The SMILES string of the molecule is CCc1n[nH]c2c1CN(C(=O)Cn1nc(-c3ccccc3)n(CC)c1=O)CC2. The lowest BCUT2D eigenvalue weighted by Gasteiger charge is -2.27. The number of benzene rings is 1. The van der Waals surface area contributed by atoms with Crippen molar-refractivity contribution in [3.05, 3.63) is 57.8 Å². The van der Waals surface area contributed by atoms with Crippen LogP contribution >= 0.6 is 0 Å². The number of hydrogen-bond acceptors (Lipinski definition) is 4. The molecule has 1 aliphatic rings. The van der Waals surface area contributed by atoms with Crippen molar-refractivity contribution in [2.45, 2.75) is 46.3 Å². The number of aromatic nitrogens is 5. The normalized spacial score (nSPS) is 13.6. The van der Waals surface area contributed by atoms with Crippen molar-refractivity contribution in [2.24, 2.45) is 0 Å². The van der Waals surface area contributed by atoms with Crippen LogP contribution in [0.4, 0.5) is 0 Å². The molecule has 3 aromatic rings. The fourth-order valence-electron chi connectivity index (χ4n) is 3.72. The Labute approximate surface area is 162 Å². The monoisotopic (exact) mass is 380 g/mol. The highest BCUT2D eigenvalue weighted by atomic mass is 16.2. The highest BCUT2D eigenvalue weighted by Crippen LogP contribution is 2.21. The van der Waals surface area contributed by atoms with Crippen LogP contribution in [0.3, 0.4) is 0 Å². The Hall–Kier alpha value is -3.16. The molecule has 4 rings (SSSR count). The van der Waals surface area contributed by atoms with Crippen molar-refractivity contribution in [2.75, 3.05) is 6.54 Å². The van der Waals surface area contributed by atoms with Crippen molar-refractivity contribution in [3.8, 4) is 11.4 Å². The topological polar surface area (TPSA) is 88.8 Å². The molecule has 0 spiro atoms. The van der Waals surface area contributed by atoms with E-state index in [-0.39, 0.29) is 18.1 Å². The number of nitrogens with zero attached hydrogens (tertiary/aromatic N) is 5. The Kier molecular flexibility index (Phi) is 4.85. The molecule has 0 radical (unpaired) electrons. The zero-order valence-corrected chi connectivity index (χ0v) is 16.2. The Morgan fingerprint density at radius 3 is 2.71 bits per heavy atom. The minimum Gasteiger partial charge on any atom is -0.336 e. The summed E-state index contributed by atoms with van der Waals surface area (Å²) in [7, 11) is 0. The first kappa shape index (κ1) is 18.2. The Balaban J connectivity index is 1.57. The van der Waals surface area contributed by atoms with E-state index in [4.69, 9.17) is 0 Å². The van der Waals surface area contributed by atoms with Crippen LogP contribution in [0.15, 0.2) is 35.1 Å². The minimum atomic E-state index is -0.259. The quantitative estimate of drug-likeness (QED) is 0.728. The number of fused-ring (bicyclic) bond motifs is 1. The molecular weight excluding hydrogens is 356 g/mol. The van der Waals surface area contributed by atoms with Gasteiger partial charge in [0.25, 0.3) is 0 Å². The molecule has 0 aliphatic carbocycles. The van der Waals surface area contributed by atoms with Gasteiger partial charge < -0.3 is 4.90 Å². The number of nitrogens with one attached hydrogen (secondary N) is 1. The number of aromatic amines is 1. The zero-order valence-electron chi connectivity index (χ0n) is 16.2. The van der Waals surface area contributed by atoms with Gasteiger partial charge in [-0.2, -0.15) is 5.10 Å². The predicted octanol–water partition coefficient (Wildman–Crippen LogP) is 1.60. The molecule has 28 heavy (non-hydrogen) atoms. The Morgan fingerprint density at radius 2 is 2.00 bits per heavy atom. The summed E-state index contributed by atoms with van der Waals surface area (Å²) in [6.07, 6.45) is 1.58. The van der Waals surface area contributed by atoms with Gasteiger partial charge in [-0.15, -0.1) is 5.10 Å². The molecule has 1 amide bonds. The van der Waals surface area contributed by atoms with Crippen molar-refractivity contribution in [1.29, 1.82) is 0 Å². The first-order valence-electron chi connectivity index (χ1n) is 9.68. The molecule has 1 aliphatic heterocycles. The van der Waals surface area contributed by atoms with Gasteiger partial charge in [-0.3, -0.25) is 14.5 Å². The maximum atomic E-state index is 12.9. The van der Waals surface area contributed by atoms with Gasteiger partial charge >= 0.3 is 5.69 Å². The van der Waals surface area contributed by atoms with E-state index in [1.807, 2.05) is 37.3 Å². The number of aryl methyl sites for hydroxylation is 1. The molecule has 0 atom stereocenters. The highest BCUT2D eigenvalue weighted by molar-refractivity contribution is 5.76. The second-order valence-corrected chi connectivity index (χ2v) is 6.92. The van der Waals surface area contributed by atoms with Crippen molar-refractivity contribution in [1.82, 2.24) is 29.4 Å². The van der Waals surface area contributed by atoms with Crippen LogP contribution in [0.25, 0.3) is 11.4 Å². The van der Waals surface area contributed by atoms with Crippen LogP contribution in [0, 0.1) is 0 Å². The van der Waals surface area contributed by atoms with Gasteiger partial charge in [0.15, 0.2) is 5.82 Å². The summed E-state index contributed by atoms with van der Waals surface area (Å²) in [5, 5.41) is 11.9. The fraction of sp³-hybridized carbons (Fsp3) is 0.400. The lowest BCUT2D eigenvalue weighted by molar-refractivity contribution is -0.133. The van der Waals surface area contributed by atoms with Crippen molar-refractivity contribution in [3.63, 3.8) is 0 Å². The van der Waals surface area contributed by atoms with E-state index in [0.717, 1.165) is 35.4 Å². The predicted molar refractivity (Wildman–Crippen MR) is 105 cm³/mol. The van der Waals surface area contributed by atoms with Gasteiger partial charge in [0.1, 0.15) is 6.54 Å². The van der Waals surface area contributed by atoms with E-state index in [1.165, 1.54) is 4.68 Å². The van der Waals surface area contributed by atoms with Crippen LogP contribution in [-0.4, -0.2) is 41.9 Å². The average molecular weight is 380 g/mol. The standard InChI is InChI=1S/C20H24N6O2/c1-3-16-15-12-24(11-10-17(15)22-21-16)18(27)13-26-20(28)25(4-2)19(23-26)14-8-6-5-7-9-14/h5-9H,3-4,10-13H2,1-2H3,(H,21,22). The van der Waals surface area contributed by atoms with Gasteiger partial charge in [-0.05, 0) is 13.3 Å². The van der Waals surface area contributed by atoms with Crippen LogP contribution < -0.4 is 5.69 Å². The summed E-state index contributed by atoms with van der Waals surface area (Å²) in [4.78, 5) is 27.4. The first-order valence-corrected chi connectivity index (χ1v) is 9.68. The number of rotatable bonds is 5. The molecule has 1 aromatic carbocycles. The number of hydrogen-bond donors (Lipinski definition) is 1. The summed E-state index contributed by atoms with van der Waals surface area (Å²) in [5.41, 5.74) is 3.83. The third-order valence-corrected chi connectivity index (χ3v) is 5.26. The van der Waals surface area contributed by atoms with Gasteiger partial charge in [0, 0.05) is 42.9 Å². The number of amides is 1. The molecule has 1 N–H and O–H groups in total. The fourth-order valence-corrected chi connectivity index (χ4v) is 3.72. The van der Waals surface area contributed by atoms with E-state index in [0.29, 0.717) is 25.5 Å². The summed E-state index contributed by atoms with van der Waals surface area (Å²) < 4.78 is 2.88. The molecule has 0 saturated carbocycles. The first-order chi connectivity index (χ1) is 13.6. The molecule has 0 bridgehead atoms. The van der Waals surface area contributed by atoms with Crippen LogP contribution in [0.2, 0.25) is 0 Å². The molecule has 8 nitrogen and oxygen atoms in total. The lowest BCUT2D eigenvalue weighted by Crippen LogP contribution is -2.40. The van der Waals surface area contributed by atoms with E-state index < -0.39 is 0 Å². The molecule has 2 aromatic heterocycles. The van der Waals surface area contributed by atoms with Gasteiger partial charge in [0.05, 0.1) is 5.69 Å². The van der Waals surface area contributed by atoms with Crippen LogP contribution in [0.1, 0.15) is 30.8 Å². The number of H-pyrrole nitrogens is 1. The van der Waals surface area contributed by atoms with Crippen LogP contribution in [-0.2, 0) is 37.3 Å². The third kappa shape index (κ3) is 3.15. The van der Waals surface area contributed by atoms with E-state index >= 15 is 0 Å². The molecule has 0 unspecified atom stereocenters. The second-order valence-electron chi connectivity index (χ2n) is 6.92. The molecule has 0 saturated heterocycles. The molecule has 3 heterocycles. The summed E-state index contributed by atoms with van der Waals surface area (Å²) in [6, 6.07) is 9.56. The van der Waals surface area contributed by atoms with Gasteiger partial charge in [-0.1, -0.05) is 37.3 Å². The second kappa shape index (κ2) is 7.46. The third-order valence-electron chi connectivity index (χ3n) is 5.26. The smallest absolute Gasteiger partial charge is 0.336 e. The number of carbonyl (C=O) groups excluding carboxylic acids is 1. The van der Waals surface area contributed by atoms with E-state index in [9.17, 15) is 9.59 Å². The lowest BCUT2D eigenvalue weighted by atomic mass is 10.0. The highest BCUT2D eigenvalue weighted by Gasteiger charge is 2.26. The van der Waals surface area contributed by atoms with Gasteiger partial charge in [-0.25, -0.2) is 9.48 Å². The summed E-state index contributed by atoms with van der Waals surface area (Å²) in [5.74, 6) is 0.487. The largest absolute Gasteiger partial charge is 0.346 e. The molecule has 146 valence electrons. The minimum absolute atomic E-state index is 0.0552. The summed E-state index contributed by atoms with van der Waals surface area (Å²) in [6.45, 7) is 5.55. The van der Waals surface area contributed by atoms with Gasteiger partial charge in [0.2, 0.25) is 5.91 Å². The Morgan fingerprint density at radius 1 is 1.21 bits per heavy atom. The molecule has 8 heteroatoms. The maximum absolute atomic E-state index is 12.9. The van der Waals surface area contributed by atoms with E-state index in [1.54, 1.807) is 9.47 Å². The van der Waals surface area contributed by atoms with E-state index in [2.05, 4.69) is 22.2 Å². The van der Waals surface area contributed by atoms with Crippen LogP contribution in [0.5, 0.6) is 0 Å². The molecular formula is C20H24N6O2.